The average Bonchev–Trinajstić information content (AvgIpc) is 3.24. The molecule has 2 aromatic carbocycles. The van der Waals surface area contributed by atoms with Crippen LogP contribution in [0.15, 0.2) is 42.5 Å². The second-order valence-corrected chi connectivity index (χ2v) is 7.75. The molecule has 0 saturated carbocycles. The van der Waals surface area contributed by atoms with Gasteiger partial charge in [-0.2, -0.15) is 0 Å². The first-order valence-corrected chi connectivity index (χ1v) is 10.2. The number of Topliss-reactive ketones (excluding diaryl/α,β-unsaturated/α-hetero) is 1. The van der Waals surface area contributed by atoms with Crippen LogP contribution < -0.4 is 15.5 Å². The number of benzene rings is 2. The van der Waals surface area contributed by atoms with Gasteiger partial charge in [-0.1, -0.05) is 12.1 Å². The smallest absolute Gasteiger partial charge is 0.338 e. The van der Waals surface area contributed by atoms with E-state index in [4.69, 9.17) is 4.74 Å². The third kappa shape index (κ3) is 4.14. The zero-order chi connectivity index (χ0) is 22.1. The number of esters is 1. The van der Waals surface area contributed by atoms with Gasteiger partial charge < -0.3 is 20.3 Å². The van der Waals surface area contributed by atoms with Gasteiger partial charge in [0.2, 0.25) is 5.91 Å². The van der Waals surface area contributed by atoms with Crippen molar-refractivity contribution in [3.63, 3.8) is 0 Å². The van der Waals surface area contributed by atoms with Crippen molar-refractivity contribution < 1.29 is 23.9 Å². The summed E-state index contributed by atoms with van der Waals surface area (Å²) in [6.07, 6.45) is 0.711. The number of anilines is 3. The highest BCUT2D eigenvalue weighted by molar-refractivity contribution is 6.06. The van der Waals surface area contributed by atoms with E-state index in [0.717, 1.165) is 25.1 Å². The van der Waals surface area contributed by atoms with E-state index >= 15 is 0 Å². The minimum atomic E-state index is -1.05. The lowest BCUT2D eigenvalue weighted by Gasteiger charge is -2.33. The Bertz CT molecular complexity index is 1080. The van der Waals surface area contributed by atoms with Gasteiger partial charge in [-0.05, 0) is 57.0 Å². The van der Waals surface area contributed by atoms with Gasteiger partial charge in [0.1, 0.15) is 6.04 Å². The lowest BCUT2D eigenvalue weighted by molar-refractivity contribution is -0.123. The summed E-state index contributed by atoms with van der Waals surface area (Å²) in [6.45, 7) is 3.71. The Morgan fingerprint density at radius 2 is 1.97 bits per heavy atom. The number of ketones is 1. The van der Waals surface area contributed by atoms with E-state index in [1.165, 1.54) is 13.8 Å². The molecular formula is C23H23N3O5. The molecular weight excluding hydrogens is 398 g/mol. The van der Waals surface area contributed by atoms with Crippen LogP contribution in [0.4, 0.5) is 17.1 Å². The summed E-state index contributed by atoms with van der Waals surface area (Å²) in [5.74, 6) is -1.37. The van der Waals surface area contributed by atoms with E-state index in [-0.39, 0.29) is 23.3 Å². The number of hydrogen-bond acceptors (Lipinski definition) is 6. The number of hydrogen-bond donors (Lipinski definition) is 2. The quantitative estimate of drug-likeness (QED) is 0.568. The summed E-state index contributed by atoms with van der Waals surface area (Å²) < 4.78 is 5.31. The zero-order valence-electron chi connectivity index (χ0n) is 17.3. The molecule has 8 nitrogen and oxygen atoms in total. The monoisotopic (exact) mass is 421 g/mol. The van der Waals surface area contributed by atoms with E-state index in [1.807, 2.05) is 0 Å². The second kappa shape index (κ2) is 8.22. The Balaban J connectivity index is 1.43. The van der Waals surface area contributed by atoms with Crippen molar-refractivity contribution in [1.82, 2.24) is 0 Å². The Morgan fingerprint density at radius 3 is 2.74 bits per heavy atom. The summed E-state index contributed by atoms with van der Waals surface area (Å²) in [5, 5.41) is 5.50. The van der Waals surface area contributed by atoms with Gasteiger partial charge >= 0.3 is 5.97 Å². The first-order valence-electron chi connectivity index (χ1n) is 10.2. The molecule has 8 heteroatoms. The molecule has 0 unspecified atom stereocenters. The molecule has 0 radical (unpaired) electrons. The molecule has 0 aromatic heterocycles. The number of nitrogens with one attached hydrogen (secondary N) is 2. The Kier molecular flexibility index (Phi) is 5.46. The topological polar surface area (TPSA) is 105 Å². The molecule has 2 aliphatic rings. The average molecular weight is 421 g/mol. The third-order valence-electron chi connectivity index (χ3n) is 5.54. The molecule has 2 aliphatic heterocycles. The van der Waals surface area contributed by atoms with Crippen LogP contribution in [-0.2, 0) is 14.3 Å². The summed E-state index contributed by atoms with van der Waals surface area (Å²) in [4.78, 5) is 50.8. The maximum atomic E-state index is 12.6. The van der Waals surface area contributed by atoms with Gasteiger partial charge in [-0.15, -0.1) is 0 Å². The standard InChI is InChI=1S/C23H23N3O5/c1-13(27)15-5-3-6-17(11-15)24-21(28)14(2)31-23(30)16-8-9-19-18(12-16)25-22(29)20-7-4-10-26(19)20/h3,5-6,8-9,11-12,14,20H,4,7,10H2,1-2H3,(H,24,28)(H,25,29)/t14-,20-/m1/s1. The summed E-state index contributed by atoms with van der Waals surface area (Å²) in [6, 6.07) is 11.4. The van der Waals surface area contributed by atoms with Crippen molar-refractivity contribution >= 4 is 40.6 Å². The number of carbonyl (C=O) groups is 4. The molecule has 1 fully saturated rings. The highest BCUT2D eigenvalue weighted by Crippen LogP contribution is 2.37. The summed E-state index contributed by atoms with van der Waals surface area (Å²) in [7, 11) is 0. The molecule has 2 N–H and O–H groups in total. The second-order valence-electron chi connectivity index (χ2n) is 7.75. The maximum absolute atomic E-state index is 12.6. The number of ether oxygens (including phenoxy) is 1. The maximum Gasteiger partial charge on any atom is 0.338 e. The van der Waals surface area contributed by atoms with Gasteiger partial charge in [-0.3, -0.25) is 14.4 Å². The van der Waals surface area contributed by atoms with Crippen LogP contribution in [0.5, 0.6) is 0 Å². The van der Waals surface area contributed by atoms with Gasteiger partial charge in [0.05, 0.1) is 16.9 Å². The highest BCUT2D eigenvalue weighted by atomic mass is 16.5. The minimum Gasteiger partial charge on any atom is -0.449 e. The van der Waals surface area contributed by atoms with Gasteiger partial charge in [0, 0.05) is 17.8 Å². The van der Waals surface area contributed by atoms with Gasteiger partial charge in [0.25, 0.3) is 5.91 Å². The fourth-order valence-corrected chi connectivity index (χ4v) is 3.90. The molecule has 2 heterocycles. The molecule has 31 heavy (non-hydrogen) atoms. The minimum absolute atomic E-state index is 0.0731. The van der Waals surface area contributed by atoms with E-state index in [1.54, 1.807) is 42.5 Å². The molecule has 2 aromatic rings. The van der Waals surface area contributed by atoms with Crippen molar-refractivity contribution in [2.75, 3.05) is 22.1 Å². The first-order chi connectivity index (χ1) is 14.8. The van der Waals surface area contributed by atoms with Crippen LogP contribution in [0, 0.1) is 0 Å². The number of rotatable bonds is 5. The van der Waals surface area contributed by atoms with E-state index in [2.05, 4.69) is 15.5 Å². The van der Waals surface area contributed by atoms with Gasteiger partial charge in [-0.25, -0.2) is 4.79 Å². The van der Waals surface area contributed by atoms with Crippen molar-refractivity contribution in [1.29, 1.82) is 0 Å². The van der Waals surface area contributed by atoms with Crippen LogP contribution in [0.2, 0.25) is 0 Å². The number of carbonyl (C=O) groups excluding carboxylic acids is 4. The fraction of sp³-hybridized carbons (Fsp3) is 0.304. The molecule has 0 aliphatic carbocycles. The lowest BCUT2D eigenvalue weighted by Crippen LogP contribution is -2.43. The SMILES string of the molecule is CC(=O)c1cccc(NC(=O)[C@@H](C)OC(=O)c2ccc3c(c2)NC(=O)[C@H]2CCCN32)c1. The largest absolute Gasteiger partial charge is 0.449 e. The fourth-order valence-electron chi connectivity index (χ4n) is 3.90. The number of fused-ring (bicyclic) bond motifs is 3. The van der Waals surface area contributed by atoms with Crippen LogP contribution in [0.3, 0.4) is 0 Å². The number of nitrogens with zero attached hydrogens (tertiary/aromatic N) is 1. The summed E-state index contributed by atoms with van der Waals surface area (Å²) in [5.41, 5.74) is 2.61. The van der Waals surface area contributed by atoms with Crippen molar-refractivity contribution in [2.24, 2.45) is 0 Å². The molecule has 0 spiro atoms. The van der Waals surface area contributed by atoms with E-state index < -0.39 is 18.0 Å². The van der Waals surface area contributed by atoms with E-state index in [0.29, 0.717) is 16.9 Å². The molecule has 1 saturated heterocycles. The lowest BCUT2D eigenvalue weighted by atomic mass is 10.1. The van der Waals surface area contributed by atoms with Crippen LogP contribution in [0.25, 0.3) is 0 Å². The predicted octanol–water partition coefficient (Wildman–Crippen LogP) is 2.99. The summed E-state index contributed by atoms with van der Waals surface area (Å²) >= 11 is 0. The molecule has 160 valence electrons. The molecule has 0 bridgehead atoms. The first kappa shape index (κ1) is 20.6. The van der Waals surface area contributed by atoms with Crippen molar-refractivity contribution in [3.8, 4) is 0 Å². The van der Waals surface area contributed by atoms with Crippen LogP contribution in [-0.4, -0.2) is 42.3 Å². The van der Waals surface area contributed by atoms with Crippen molar-refractivity contribution in [3.05, 3.63) is 53.6 Å². The van der Waals surface area contributed by atoms with Crippen LogP contribution in [0.1, 0.15) is 47.4 Å². The predicted molar refractivity (Wildman–Crippen MR) is 115 cm³/mol. The number of amides is 2. The molecule has 2 amide bonds. The van der Waals surface area contributed by atoms with Gasteiger partial charge in [0.15, 0.2) is 11.9 Å². The normalized spacial score (nSPS) is 17.8. The van der Waals surface area contributed by atoms with Crippen LogP contribution >= 0.6 is 0 Å². The Hall–Kier alpha value is -3.68. The highest BCUT2D eigenvalue weighted by Gasteiger charge is 2.36. The Labute approximate surface area is 179 Å². The molecule has 4 rings (SSSR count). The Morgan fingerprint density at radius 1 is 1.16 bits per heavy atom. The van der Waals surface area contributed by atoms with Crippen molar-refractivity contribution in [2.45, 2.75) is 38.8 Å². The third-order valence-corrected chi connectivity index (χ3v) is 5.54. The van der Waals surface area contributed by atoms with E-state index in [9.17, 15) is 19.2 Å². The zero-order valence-corrected chi connectivity index (χ0v) is 17.3. The molecule has 2 atom stereocenters.